The van der Waals surface area contributed by atoms with Gasteiger partial charge in [-0.25, -0.2) is 0 Å². The quantitative estimate of drug-likeness (QED) is 0.870. The molecule has 0 aliphatic rings. The Kier molecular flexibility index (Phi) is 3.90. The summed E-state index contributed by atoms with van der Waals surface area (Å²) in [5.41, 5.74) is 0.548. The Morgan fingerprint density at radius 1 is 1.35 bits per heavy atom. The number of nitrogens with zero attached hydrogens (tertiary/aromatic N) is 2. The third kappa shape index (κ3) is 3.11. The molecule has 0 radical (unpaired) electrons. The van der Waals surface area contributed by atoms with Crippen LogP contribution in [-0.4, -0.2) is 16.1 Å². The van der Waals surface area contributed by atoms with Gasteiger partial charge in [-0.15, -0.1) is 10.2 Å². The molecule has 7 heteroatoms. The minimum absolute atomic E-state index is 0.214. The predicted molar refractivity (Wildman–Crippen MR) is 74.4 cm³/mol. The molecule has 1 N–H and O–H groups in total. The van der Waals surface area contributed by atoms with E-state index in [1.165, 1.54) is 11.3 Å². The second kappa shape index (κ2) is 5.24. The zero-order chi connectivity index (χ0) is 12.4. The number of carbonyl (C=O) groups is 1. The van der Waals surface area contributed by atoms with Crippen LogP contribution in [0.5, 0.6) is 0 Å². The minimum atomic E-state index is -0.214. The molecule has 88 valence electrons. The summed E-state index contributed by atoms with van der Waals surface area (Å²) in [6, 6.07) is 5.41. The molecule has 0 atom stereocenters. The molecule has 0 aliphatic carbocycles. The van der Waals surface area contributed by atoms with Crippen molar-refractivity contribution in [2.75, 3.05) is 5.32 Å². The van der Waals surface area contributed by atoms with E-state index < -0.39 is 0 Å². The summed E-state index contributed by atoms with van der Waals surface area (Å²) in [7, 11) is 0. The molecular weight excluding hydrogens is 370 g/mol. The highest BCUT2D eigenvalue weighted by Gasteiger charge is 2.12. The van der Waals surface area contributed by atoms with Crippen molar-refractivity contribution in [2.24, 2.45) is 0 Å². The Balaban J connectivity index is 2.22. The first-order chi connectivity index (χ1) is 8.06. The summed E-state index contributed by atoms with van der Waals surface area (Å²) in [6.07, 6.45) is 0. The summed E-state index contributed by atoms with van der Waals surface area (Å²) < 4.78 is 1.58. The van der Waals surface area contributed by atoms with Crippen LogP contribution in [0.2, 0.25) is 0 Å². The molecule has 4 nitrogen and oxygen atoms in total. The molecule has 1 aromatic carbocycles. The van der Waals surface area contributed by atoms with E-state index in [1.807, 2.05) is 19.1 Å². The van der Waals surface area contributed by atoms with Gasteiger partial charge in [-0.2, -0.15) is 0 Å². The van der Waals surface area contributed by atoms with Crippen molar-refractivity contribution in [1.82, 2.24) is 10.2 Å². The standard InChI is InChI=1S/C10H7Br2N3OS/c1-5-14-15-10(17-5)13-9(16)7-4-6(11)2-3-8(7)12/h2-4H,1H3,(H,13,15,16). The van der Waals surface area contributed by atoms with E-state index in [4.69, 9.17) is 0 Å². The summed E-state index contributed by atoms with van der Waals surface area (Å²) in [5.74, 6) is -0.214. The highest BCUT2D eigenvalue weighted by molar-refractivity contribution is 9.11. The SMILES string of the molecule is Cc1nnc(NC(=O)c2cc(Br)ccc2Br)s1. The van der Waals surface area contributed by atoms with Crippen LogP contribution in [0, 0.1) is 6.92 Å². The smallest absolute Gasteiger partial charge is 0.258 e. The van der Waals surface area contributed by atoms with Crippen molar-refractivity contribution in [1.29, 1.82) is 0 Å². The summed E-state index contributed by atoms with van der Waals surface area (Å²) in [6.45, 7) is 1.84. The Labute approximate surface area is 119 Å². The van der Waals surface area contributed by atoms with Gasteiger partial charge in [-0.3, -0.25) is 10.1 Å². The Hall–Kier alpha value is -0.790. The van der Waals surface area contributed by atoms with Gasteiger partial charge in [-0.05, 0) is 41.1 Å². The predicted octanol–water partition coefficient (Wildman–Crippen LogP) is 3.62. The number of carbonyl (C=O) groups excluding carboxylic acids is 1. The van der Waals surface area contributed by atoms with Crippen LogP contribution in [-0.2, 0) is 0 Å². The summed E-state index contributed by atoms with van der Waals surface area (Å²) >= 11 is 8.00. The molecule has 1 aromatic heterocycles. The average molecular weight is 377 g/mol. The van der Waals surface area contributed by atoms with Crippen LogP contribution in [0.3, 0.4) is 0 Å². The highest BCUT2D eigenvalue weighted by Crippen LogP contribution is 2.23. The highest BCUT2D eigenvalue weighted by atomic mass is 79.9. The molecule has 0 saturated heterocycles. The number of amides is 1. The van der Waals surface area contributed by atoms with E-state index in [-0.39, 0.29) is 5.91 Å². The molecule has 2 rings (SSSR count). The van der Waals surface area contributed by atoms with Crippen LogP contribution >= 0.6 is 43.2 Å². The van der Waals surface area contributed by atoms with E-state index in [0.29, 0.717) is 10.7 Å². The normalized spacial score (nSPS) is 10.3. The lowest BCUT2D eigenvalue weighted by Crippen LogP contribution is -2.12. The third-order valence-corrected chi connectivity index (χ3v) is 3.86. The molecule has 0 fully saturated rings. The number of aromatic nitrogens is 2. The maximum atomic E-state index is 12.0. The van der Waals surface area contributed by atoms with Crippen molar-refractivity contribution >= 4 is 54.2 Å². The Morgan fingerprint density at radius 3 is 2.76 bits per heavy atom. The zero-order valence-corrected chi connectivity index (χ0v) is 12.7. The third-order valence-electron chi connectivity index (χ3n) is 1.92. The second-order valence-corrected chi connectivity index (χ2v) is 6.16. The van der Waals surface area contributed by atoms with Gasteiger partial charge in [0.1, 0.15) is 5.01 Å². The summed E-state index contributed by atoms with van der Waals surface area (Å²) in [5, 5.41) is 11.7. The molecular formula is C10H7Br2N3OS. The molecule has 0 spiro atoms. The van der Waals surface area contributed by atoms with E-state index in [9.17, 15) is 4.79 Å². The Bertz CT molecular complexity index is 570. The first kappa shape index (κ1) is 12.7. The lowest BCUT2D eigenvalue weighted by molar-refractivity contribution is 0.102. The van der Waals surface area contributed by atoms with E-state index >= 15 is 0 Å². The van der Waals surface area contributed by atoms with E-state index in [0.717, 1.165) is 14.0 Å². The molecule has 0 saturated carbocycles. The largest absolute Gasteiger partial charge is 0.296 e. The van der Waals surface area contributed by atoms with Gasteiger partial charge in [0.25, 0.3) is 5.91 Å². The van der Waals surface area contributed by atoms with Crippen molar-refractivity contribution in [2.45, 2.75) is 6.92 Å². The van der Waals surface area contributed by atoms with Gasteiger partial charge >= 0.3 is 0 Å². The lowest BCUT2D eigenvalue weighted by Gasteiger charge is -2.04. The van der Waals surface area contributed by atoms with Gasteiger partial charge in [0.05, 0.1) is 5.56 Å². The van der Waals surface area contributed by atoms with E-state index in [1.54, 1.807) is 6.07 Å². The molecule has 1 amide bonds. The monoisotopic (exact) mass is 375 g/mol. The van der Waals surface area contributed by atoms with Gasteiger partial charge in [-0.1, -0.05) is 27.3 Å². The molecule has 17 heavy (non-hydrogen) atoms. The average Bonchev–Trinajstić information content (AvgIpc) is 2.67. The fourth-order valence-corrected chi connectivity index (χ4v) is 2.56. The maximum absolute atomic E-state index is 12.0. The molecule has 0 bridgehead atoms. The number of benzene rings is 1. The van der Waals surface area contributed by atoms with Crippen LogP contribution in [0.25, 0.3) is 0 Å². The number of nitrogens with one attached hydrogen (secondary N) is 1. The number of anilines is 1. The summed E-state index contributed by atoms with van der Waals surface area (Å²) in [4.78, 5) is 12.0. The molecule has 2 aromatic rings. The molecule has 0 aliphatic heterocycles. The van der Waals surface area contributed by atoms with Crippen LogP contribution < -0.4 is 5.32 Å². The lowest BCUT2D eigenvalue weighted by atomic mass is 10.2. The number of hydrogen-bond donors (Lipinski definition) is 1. The fourth-order valence-electron chi connectivity index (χ4n) is 1.18. The van der Waals surface area contributed by atoms with Gasteiger partial charge < -0.3 is 0 Å². The van der Waals surface area contributed by atoms with Gasteiger partial charge in [0, 0.05) is 8.95 Å². The van der Waals surface area contributed by atoms with Crippen LogP contribution in [0.4, 0.5) is 5.13 Å². The van der Waals surface area contributed by atoms with Crippen molar-refractivity contribution in [3.63, 3.8) is 0 Å². The number of rotatable bonds is 2. The van der Waals surface area contributed by atoms with Crippen molar-refractivity contribution in [3.05, 3.63) is 37.7 Å². The molecule has 1 heterocycles. The van der Waals surface area contributed by atoms with Crippen LogP contribution in [0.1, 0.15) is 15.4 Å². The van der Waals surface area contributed by atoms with Crippen molar-refractivity contribution in [3.8, 4) is 0 Å². The zero-order valence-electron chi connectivity index (χ0n) is 8.70. The number of aryl methyl sites for hydroxylation is 1. The van der Waals surface area contributed by atoms with Gasteiger partial charge in [0.15, 0.2) is 0 Å². The first-order valence-corrected chi connectivity index (χ1v) is 7.03. The molecule has 0 unspecified atom stereocenters. The van der Waals surface area contributed by atoms with E-state index in [2.05, 4.69) is 47.4 Å². The first-order valence-electron chi connectivity index (χ1n) is 4.63. The number of halogens is 2. The minimum Gasteiger partial charge on any atom is -0.296 e. The fraction of sp³-hybridized carbons (Fsp3) is 0.100. The maximum Gasteiger partial charge on any atom is 0.258 e. The number of hydrogen-bond acceptors (Lipinski definition) is 4. The second-order valence-electron chi connectivity index (χ2n) is 3.20. The van der Waals surface area contributed by atoms with Gasteiger partial charge in [0.2, 0.25) is 5.13 Å². The topological polar surface area (TPSA) is 54.9 Å². The van der Waals surface area contributed by atoms with Crippen LogP contribution in [0.15, 0.2) is 27.1 Å². The Morgan fingerprint density at radius 2 is 2.12 bits per heavy atom. The van der Waals surface area contributed by atoms with Crippen molar-refractivity contribution < 1.29 is 4.79 Å².